The molecule has 138 valence electrons. The molecule has 0 spiro atoms. The number of nitrogens with one attached hydrogen (secondary N) is 2. The molecular formula is C20H25ClN4O. The van der Waals surface area contributed by atoms with Gasteiger partial charge < -0.3 is 15.5 Å². The van der Waals surface area contributed by atoms with Gasteiger partial charge in [0.25, 0.3) is 0 Å². The normalized spacial score (nSPS) is 14.9. The molecule has 1 aliphatic rings. The van der Waals surface area contributed by atoms with Crippen molar-refractivity contribution in [1.29, 1.82) is 0 Å². The lowest BCUT2D eigenvalue weighted by Gasteiger charge is -2.36. The van der Waals surface area contributed by atoms with E-state index in [-0.39, 0.29) is 6.03 Å². The average molecular weight is 373 g/mol. The van der Waals surface area contributed by atoms with Crippen LogP contribution in [0.25, 0.3) is 0 Å². The molecule has 5 nitrogen and oxygen atoms in total. The van der Waals surface area contributed by atoms with Crippen molar-refractivity contribution in [3.05, 3.63) is 59.1 Å². The van der Waals surface area contributed by atoms with Gasteiger partial charge in [0.2, 0.25) is 0 Å². The van der Waals surface area contributed by atoms with Gasteiger partial charge in [-0.1, -0.05) is 29.3 Å². The van der Waals surface area contributed by atoms with E-state index in [1.54, 1.807) is 0 Å². The van der Waals surface area contributed by atoms with E-state index in [9.17, 15) is 4.79 Å². The fraction of sp³-hybridized carbons (Fsp3) is 0.350. The summed E-state index contributed by atoms with van der Waals surface area (Å²) in [6.45, 7) is 7.47. The van der Waals surface area contributed by atoms with Crippen LogP contribution in [0.5, 0.6) is 0 Å². The molecule has 1 fully saturated rings. The third-order valence-electron chi connectivity index (χ3n) is 4.59. The zero-order valence-corrected chi connectivity index (χ0v) is 15.8. The van der Waals surface area contributed by atoms with E-state index < -0.39 is 0 Å². The van der Waals surface area contributed by atoms with Gasteiger partial charge in [0, 0.05) is 55.7 Å². The van der Waals surface area contributed by atoms with E-state index in [0.29, 0.717) is 6.54 Å². The maximum Gasteiger partial charge on any atom is 0.319 e. The molecule has 0 atom stereocenters. The van der Waals surface area contributed by atoms with Crippen LogP contribution >= 0.6 is 11.6 Å². The number of carbonyl (C=O) groups is 1. The fourth-order valence-corrected chi connectivity index (χ4v) is 3.15. The van der Waals surface area contributed by atoms with Crippen molar-refractivity contribution in [1.82, 2.24) is 10.2 Å². The molecule has 2 aromatic rings. The van der Waals surface area contributed by atoms with Gasteiger partial charge in [0.15, 0.2) is 0 Å². The molecule has 26 heavy (non-hydrogen) atoms. The van der Waals surface area contributed by atoms with Gasteiger partial charge in [0.05, 0.1) is 0 Å². The van der Waals surface area contributed by atoms with Crippen molar-refractivity contribution in [3.8, 4) is 0 Å². The second kappa shape index (κ2) is 8.92. The van der Waals surface area contributed by atoms with E-state index in [2.05, 4.69) is 32.6 Å². The summed E-state index contributed by atoms with van der Waals surface area (Å²) in [6, 6.07) is 15.6. The lowest BCUT2D eigenvalue weighted by Crippen LogP contribution is -2.48. The number of nitrogens with zero attached hydrogens (tertiary/aromatic N) is 2. The summed E-state index contributed by atoms with van der Waals surface area (Å²) in [5.74, 6) is 0. The summed E-state index contributed by atoms with van der Waals surface area (Å²) in [5, 5.41) is 6.54. The molecule has 0 radical (unpaired) electrons. The Bertz CT molecular complexity index is 710. The summed E-state index contributed by atoms with van der Waals surface area (Å²) < 4.78 is 0. The predicted octanol–water partition coefficient (Wildman–Crippen LogP) is 3.59. The highest BCUT2D eigenvalue weighted by atomic mass is 35.5. The molecule has 2 aromatic carbocycles. The summed E-state index contributed by atoms with van der Waals surface area (Å²) in [7, 11) is 0. The topological polar surface area (TPSA) is 47.6 Å². The van der Waals surface area contributed by atoms with E-state index in [1.165, 1.54) is 11.3 Å². The minimum absolute atomic E-state index is 0.159. The van der Waals surface area contributed by atoms with Crippen LogP contribution in [0.2, 0.25) is 5.02 Å². The minimum atomic E-state index is -0.159. The van der Waals surface area contributed by atoms with Crippen LogP contribution in [0.3, 0.4) is 0 Å². The highest BCUT2D eigenvalue weighted by Crippen LogP contribution is 2.19. The number of piperazine rings is 1. The maximum absolute atomic E-state index is 11.9. The molecule has 2 amide bonds. The molecule has 2 N–H and O–H groups in total. The number of anilines is 2. The highest BCUT2D eigenvalue weighted by molar-refractivity contribution is 6.30. The van der Waals surface area contributed by atoms with E-state index in [4.69, 9.17) is 11.6 Å². The highest BCUT2D eigenvalue weighted by Gasteiger charge is 2.17. The molecule has 0 saturated carbocycles. The minimum Gasteiger partial charge on any atom is -0.369 e. The number of hydrogen-bond acceptors (Lipinski definition) is 3. The predicted molar refractivity (Wildman–Crippen MR) is 108 cm³/mol. The van der Waals surface area contributed by atoms with Crippen molar-refractivity contribution in [3.63, 3.8) is 0 Å². The summed E-state index contributed by atoms with van der Waals surface area (Å²) in [4.78, 5) is 16.7. The van der Waals surface area contributed by atoms with Crippen LogP contribution in [0.1, 0.15) is 5.56 Å². The summed E-state index contributed by atoms with van der Waals surface area (Å²) >= 11 is 5.95. The van der Waals surface area contributed by atoms with Gasteiger partial charge in [0.1, 0.15) is 0 Å². The second-order valence-electron chi connectivity index (χ2n) is 6.55. The number of amides is 2. The largest absolute Gasteiger partial charge is 0.369 e. The first-order valence-corrected chi connectivity index (χ1v) is 9.32. The summed E-state index contributed by atoms with van der Waals surface area (Å²) in [5.41, 5.74) is 3.20. The average Bonchev–Trinajstić information content (AvgIpc) is 2.65. The third kappa shape index (κ3) is 5.38. The van der Waals surface area contributed by atoms with E-state index >= 15 is 0 Å². The monoisotopic (exact) mass is 372 g/mol. The standard InChI is InChI=1S/C20H25ClN4O/c1-16-2-6-18(7-3-16)23-20(26)22-10-11-24-12-14-25(15-13-24)19-8-4-17(21)5-9-19/h2-9H,10-15H2,1H3,(H2,22,23,26). The third-order valence-corrected chi connectivity index (χ3v) is 4.84. The van der Waals surface area contributed by atoms with Gasteiger partial charge in [-0.15, -0.1) is 0 Å². The Morgan fingerprint density at radius 1 is 1.00 bits per heavy atom. The Balaban J connectivity index is 1.35. The van der Waals surface area contributed by atoms with Crippen molar-refractivity contribution < 1.29 is 4.79 Å². The first kappa shape index (κ1) is 18.5. The number of aryl methyl sites for hydroxylation is 1. The van der Waals surface area contributed by atoms with Crippen LogP contribution in [-0.2, 0) is 0 Å². The zero-order chi connectivity index (χ0) is 18.4. The van der Waals surface area contributed by atoms with Crippen molar-refractivity contribution in [2.75, 3.05) is 49.5 Å². The Morgan fingerprint density at radius 2 is 1.65 bits per heavy atom. The molecule has 0 aromatic heterocycles. The number of benzene rings is 2. The lowest BCUT2D eigenvalue weighted by molar-refractivity contribution is 0.240. The number of rotatable bonds is 5. The molecule has 3 rings (SSSR count). The number of halogens is 1. The van der Waals surface area contributed by atoms with Crippen LogP contribution < -0.4 is 15.5 Å². The zero-order valence-electron chi connectivity index (χ0n) is 15.0. The Kier molecular flexibility index (Phi) is 6.36. The Morgan fingerprint density at radius 3 is 2.31 bits per heavy atom. The number of carbonyl (C=O) groups excluding carboxylic acids is 1. The van der Waals surface area contributed by atoms with Gasteiger partial charge in [-0.3, -0.25) is 4.90 Å². The van der Waals surface area contributed by atoms with Gasteiger partial charge in [-0.25, -0.2) is 4.79 Å². The molecule has 1 heterocycles. The Labute approximate surface area is 159 Å². The van der Waals surface area contributed by atoms with Crippen LogP contribution in [0.4, 0.5) is 16.2 Å². The van der Waals surface area contributed by atoms with Crippen molar-refractivity contribution >= 4 is 29.0 Å². The number of hydrogen-bond donors (Lipinski definition) is 2. The first-order chi connectivity index (χ1) is 12.6. The van der Waals surface area contributed by atoms with E-state index in [1.807, 2.05) is 43.3 Å². The molecular weight excluding hydrogens is 348 g/mol. The Hall–Kier alpha value is -2.24. The molecule has 6 heteroatoms. The van der Waals surface area contributed by atoms with E-state index in [0.717, 1.165) is 43.4 Å². The quantitative estimate of drug-likeness (QED) is 0.843. The van der Waals surface area contributed by atoms with Crippen LogP contribution in [-0.4, -0.2) is 50.2 Å². The second-order valence-corrected chi connectivity index (χ2v) is 6.99. The lowest BCUT2D eigenvalue weighted by atomic mass is 10.2. The SMILES string of the molecule is Cc1ccc(NC(=O)NCCN2CCN(c3ccc(Cl)cc3)CC2)cc1. The fourth-order valence-electron chi connectivity index (χ4n) is 3.02. The maximum atomic E-state index is 11.9. The van der Waals surface area contributed by atoms with Gasteiger partial charge in [-0.2, -0.15) is 0 Å². The number of urea groups is 1. The smallest absolute Gasteiger partial charge is 0.319 e. The van der Waals surface area contributed by atoms with Crippen LogP contribution in [0, 0.1) is 6.92 Å². The molecule has 1 saturated heterocycles. The molecule has 0 aliphatic carbocycles. The molecule has 0 bridgehead atoms. The van der Waals surface area contributed by atoms with Crippen molar-refractivity contribution in [2.45, 2.75) is 6.92 Å². The van der Waals surface area contributed by atoms with Gasteiger partial charge >= 0.3 is 6.03 Å². The van der Waals surface area contributed by atoms with Gasteiger partial charge in [-0.05, 0) is 43.3 Å². The molecule has 0 unspecified atom stereocenters. The summed E-state index contributed by atoms with van der Waals surface area (Å²) in [6.07, 6.45) is 0. The molecule has 1 aliphatic heterocycles. The first-order valence-electron chi connectivity index (χ1n) is 8.94. The van der Waals surface area contributed by atoms with Crippen molar-refractivity contribution in [2.24, 2.45) is 0 Å². The van der Waals surface area contributed by atoms with Crippen LogP contribution in [0.15, 0.2) is 48.5 Å².